The lowest BCUT2D eigenvalue weighted by molar-refractivity contribution is 1.61. The zero-order valence-electron chi connectivity index (χ0n) is 39.7. The molecule has 13 aromatic carbocycles. The Morgan fingerprint density at radius 1 is 0.194 bits per heavy atom. The summed E-state index contributed by atoms with van der Waals surface area (Å²) in [6.07, 6.45) is 8.73. The average molecular weight is 913 g/mol. The fourth-order valence-electron chi connectivity index (χ4n) is 10.7. The van der Waals surface area contributed by atoms with E-state index in [0.29, 0.717) is 0 Å². The number of rotatable bonds is 9. The van der Waals surface area contributed by atoms with E-state index >= 15 is 0 Å². The number of hydrogen-bond acceptors (Lipinski definition) is 0. The van der Waals surface area contributed by atoms with E-state index in [1.807, 2.05) is 0 Å². The predicted octanol–water partition coefficient (Wildman–Crippen LogP) is 20.1. The lowest BCUT2D eigenvalue weighted by Crippen LogP contribution is -1.93. The summed E-state index contributed by atoms with van der Waals surface area (Å²) in [7, 11) is 0. The Labute approximate surface area is 420 Å². The van der Waals surface area contributed by atoms with Crippen LogP contribution in [-0.4, -0.2) is 0 Å². The van der Waals surface area contributed by atoms with Gasteiger partial charge in [-0.1, -0.05) is 261 Å². The summed E-state index contributed by atoms with van der Waals surface area (Å²) in [6.45, 7) is 0. The van der Waals surface area contributed by atoms with Gasteiger partial charge in [-0.25, -0.2) is 0 Å². The highest BCUT2D eigenvalue weighted by Crippen LogP contribution is 2.48. The monoisotopic (exact) mass is 912 g/mol. The highest BCUT2D eigenvalue weighted by Gasteiger charge is 2.20. The summed E-state index contributed by atoms with van der Waals surface area (Å²) in [5.74, 6) is 0. The maximum atomic E-state index is 2.36. The first-order valence-corrected chi connectivity index (χ1v) is 24.9. The van der Waals surface area contributed by atoms with Crippen LogP contribution in [0.5, 0.6) is 0 Å². The van der Waals surface area contributed by atoms with Crippen LogP contribution in [-0.2, 0) is 0 Å². The van der Waals surface area contributed by atoms with Crippen LogP contribution in [0.3, 0.4) is 0 Å². The van der Waals surface area contributed by atoms with Crippen LogP contribution in [0.1, 0.15) is 22.3 Å². The fraction of sp³-hybridized carbons (Fsp3) is 0. The first-order chi connectivity index (χ1) is 35.6. The van der Waals surface area contributed by atoms with Gasteiger partial charge in [0, 0.05) is 0 Å². The minimum absolute atomic E-state index is 1.19. The van der Waals surface area contributed by atoms with E-state index in [9.17, 15) is 0 Å². The van der Waals surface area contributed by atoms with Gasteiger partial charge in [-0.15, -0.1) is 0 Å². The van der Waals surface area contributed by atoms with Crippen molar-refractivity contribution in [1.29, 1.82) is 0 Å². The molecule has 0 N–H and O–H groups in total. The van der Waals surface area contributed by atoms with Crippen LogP contribution >= 0.6 is 0 Å². The van der Waals surface area contributed by atoms with E-state index in [-0.39, 0.29) is 0 Å². The quantitative estimate of drug-likeness (QED) is 0.1000. The normalized spacial score (nSPS) is 11.8. The molecule has 0 radical (unpaired) electrons. The zero-order chi connectivity index (χ0) is 47.8. The van der Waals surface area contributed by atoms with Crippen molar-refractivity contribution in [1.82, 2.24) is 0 Å². The standard InChI is InChI=1S/C72H48/c1-3-12-49(13-4-1)22-24-51-26-28-63-46-61(41-39-59(63)44-51)54-30-35-56(36-31-54)70-67-18-9-10-19-68(67)71(72-66(20-11-21-69(70)72)65-43-34-53-16-7-8-17-58(53)48-65)57-37-32-55(33-38-57)62-42-40-60-45-52(27-29-64(60)47-62)25-23-50-14-5-2-6-15-50/h1-48H/b24-22+,25-23+. The molecule has 0 spiro atoms. The van der Waals surface area contributed by atoms with Crippen LogP contribution in [0.15, 0.2) is 267 Å². The number of hydrogen-bond donors (Lipinski definition) is 0. The van der Waals surface area contributed by atoms with Crippen LogP contribution in [0.4, 0.5) is 0 Å². The third kappa shape index (κ3) is 8.26. The molecule has 0 saturated carbocycles. The molecule has 0 aliphatic heterocycles. The van der Waals surface area contributed by atoms with E-state index in [2.05, 4.69) is 291 Å². The Morgan fingerprint density at radius 2 is 0.569 bits per heavy atom. The van der Waals surface area contributed by atoms with Crippen LogP contribution in [0.2, 0.25) is 0 Å². The van der Waals surface area contributed by atoms with Gasteiger partial charge < -0.3 is 0 Å². The van der Waals surface area contributed by atoms with Gasteiger partial charge in [0.25, 0.3) is 0 Å². The van der Waals surface area contributed by atoms with E-state index in [1.54, 1.807) is 0 Å². The lowest BCUT2D eigenvalue weighted by Gasteiger charge is -2.21. The molecule has 336 valence electrons. The van der Waals surface area contributed by atoms with Gasteiger partial charge in [0.1, 0.15) is 0 Å². The molecule has 0 heteroatoms. The molecule has 13 rings (SSSR count). The van der Waals surface area contributed by atoms with Crippen molar-refractivity contribution in [3.8, 4) is 55.6 Å². The first-order valence-electron chi connectivity index (χ1n) is 24.9. The molecular formula is C72H48. The van der Waals surface area contributed by atoms with Gasteiger partial charge in [0.05, 0.1) is 0 Å². The minimum Gasteiger partial charge on any atom is -0.0622 e. The minimum atomic E-state index is 1.19. The van der Waals surface area contributed by atoms with Crippen molar-refractivity contribution in [3.63, 3.8) is 0 Å². The highest BCUT2D eigenvalue weighted by molar-refractivity contribution is 6.25. The molecule has 0 unspecified atom stereocenters. The van der Waals surface area contributed by atoms with Gasteiger partial charge in [0.2, 0.25) is 0 Å². The molecule has 0 amide bonds. The smallest absolute Gasteiger partial charge is 0.00141 e. The van der Waals surface area contributed by atoms with Gasteiger partial charge in [-0.05, 0) is 162 Å². The summed E-state index contributed by atoms with van der Waals surface area (Å²) >= 11 is 0. The molecular weight excluding hydrogens is 865 g/mol. The molecule has 0 aliphatic rings. The largest absolute Gasteiger partial charge is 0.0622 e. The van der Waals surface area contributed by atoms with Crippen molar-refractivity contribution in [3.05, 3.63) is 289 Å². The SMILES string of the molecule is C(=C\c1ccc2cc(-c3ccc(-c4c5ccccc5c(-c5ccc(-c6ccc7cc(/C=C/c8ccccc8)ccc7c6)cc5)c5c(-c6ccc7ccccc7c6)cccc45)cc3)ccc2c1)/c1ccccc1. The summed E-state index contributed by atoms with van der Waals surface area (Å²) < 4.78 is 0. The Morgan fingerprint density at radius 3 is 1.15 bits per heavy atom. The summed E-state index contributed by atoms with van der Waals surface area (Å²) in [5.41, 5.74) is 16.9. The molecule has 13 aromatic rings. The summed E-state index contributed by atoms with van der Waals surface area (Å²) in [4.78, 5) is 0. The third-order valence-corrected chi connectivity index (χ3v) is 14.4. The number of benzene rings is 13. The second kappa shape index (κ2) is 18.5. The molecule has 0 bridgehead atoms. The van der Waals surface area contributed by atoms with Crippen molar-refractivity contribution in [2.24, 2.45) is 0 Å². The van der Waals surface area contributed by atoms with E-state index in [1.165, 1.54) is 132 Å². The molecule has 0 nitrogen and oxygen atoms in total. The Bertz CT molecular complexity index is 4210. The third-order valence-electron chi connectivity index (χ3n) is 14.4. The average Bonchev–Trinajstić information content (AvgIpc) is 3.45. The maximum Gasteiger partial charge on any atom is -0.00141 e. The van der Waals surface area contributed by atoms with Crippen molar-refractivity contribution in [2.75, 3.05) is 0 Å². The Balaban J connectivity index is 0.893. The Kier molecular flexibility index (Phi) is 11.0. The van der Waals surface area contributed by atoms with E-state index < -0.39 is 0 Å². The first kappa shape index (κ1) is 42.7. The van der Waals surface area contributed by atoms with Gasteiger partial charge in [-0.3, -0.25) is 0 Å². The van der Waals surface area contributed by atoms with Gasteiger partial charge in [-0.2, -0.15) is 0 Å². The summed E-state index contributed by atoms with van der Waals surface area (Å²) in [5, 5.41) is 12.4. The van der Waals surface area contributed by atoms with Gasteiger partial charge in [0.15, 0.2) is 0 Å². The maximum absolute atomic E-state index is 2.36. The molecule has 0 heterocycles. The van der Waals surface area contributed by atoms with Crippen LogP contribution in [0, 0.1) is 0 Å². The van der Waals surface area contributed by atoms with Crippen LogP contribution < -0.4 is 0 Å². The predicted molar refractivity (Wildman–Crippen MR) is 312 cm³/mol. The molecule has 0 saturated heterocycles. The molecule has 72 heavy (non-hydrogen) atoms. The van der Waals surface area contributed by atoms with Gasteiger partial charge >= 0.3 is 0 Å². The van der Waals surface area contributed by atoms with Crippen molar-refractivity contribution in [2.45, 2.75) is 0 Å². The molecule has 0 aromatic heterocycles. The second-order valence-corrected chi connectivity index (χ2v) is 18.9. The van der Waals surface area contributed by atoms with Crippen molar-refractivity contribution < 1.29 is 0 Å². The van der Waals surface area contributed by atoms with Crippen molar-refractivity contribution >= 4 is 78.2 Å². The van der Waals surface area contributed by atoms with E-state index in [4.69, 9.17) is 0 Å². The topological polar surface area (TPSA) is 0 Å². The van der Waals surface area contributed by atoms with Crippen LogP contribution in [0.25, 0.3) is 134 Å². The highest BCUT2D eigenvalue weighted by atomic mass is 14.2. The zero-order valence-corrected chi connectivity index (χ0v) is 39.7. The molecule has 0 atom stereocenters. The lowest BCUT2D eigenvalue weighted by atomic mass is 9.82. The fourth-order valence-corrected chi connectivity index (χ4v) is 10.7. The second-order valence-electron chi connectivity index (χ2n) is 18.9. The number of fused-ring (bicyclic) bond motifs is 5. The molecule has 0 aliphatic carbocycles. The molecule has 0 fully saturated rings. The summed E-state index contributed by atoms with van der Waals surface area (Å²) in [6, 6.07) is 98.0. The Hall–Kier alpha value is -9.36. The van der Waals surface area contributed by atoms with E-state index in [0.717, 1.165) is 0 Å².